The van der Waals surface area contributed by atoms with Gasteiger partial charge >= 0.3 is 0 Å². The van der Waals surface area contributed by atoms with Crippen LogP contribution in [0.5, 0.6) is 0 Å². The molecule has 2 aromatic carbocycles. The lowest BCUT2D eigenvalue weighted by Crippen LogP contribution is -2.72. The number of rotatable bonds is 4. The van der Waals surface area contributed by atoms with Crippen LogP contribution in [0.4, 0.5) is 0 Å². The summed E-state index contributed by atoms with van der Waals surface area (Å²) in [5.74, 6) is 0. The molecule has 1 nitrogen and oxygen atoms in total. The van der Waals surface area contributed by atoms with E-state index in [1.807, 2.05) is 0 Å². The smallest absolute Gasteiger partial charge is 0.215 e. The molecule has 0 bridgehead atoms. The van der Waals surface area contributed by atoms with E-state index in [0.717, 1.165) is 0 Å². The van der Waals surface area contributed by atoms with Crippen molar-refractivity contribution >= 4 is 18.6 Å². The Balaban J connectivity index is 2.70. The van der Waals surface area contributed by atoms with Gasteiger partial charge in [-0.25, -0.2) is 0 Å². The minimum Gasteiger partial charge on any atom is -0.322 e. The van der Waals surface area contributed by atoms with Crippen LogP contribution in [0.1, 0.15) is 41.5 Å². The van der Waals surface area contributed by atoms with Crippen molar-refractivity contribution in [3.63, 3.8) is 0 Å². The number of hydrogen-bond donors (Lipinski definition) is 1. The van der Waals surface area contributed by atoms with Gasteiger partial charge in [0.15, 0.2) is 0 Å². The van der Waals surface area contributed by atoms with E-state index in [4.69, 9.17) is 0 Å². The topological polar surface area (TPSA) is 12.0 Å². The first-order valence-electron chi connectivity index (χ1n) is 8.73. The van der Waals surface area contributed by atoms with Gasteiger partial charge in [0.05, 0.1) is 0 Å². The van der Waals surface area contributed by atoms with Crippen molar-refractivity contribution in [2.75, 3.05) is 0 Å². The second kappa shape index (κ2) is 7.08. The van der Waals surface area contributed by atoms with Crippen molar-refractivity contribution in [2.24, 2.45) is 5.41 Å². The fourth-order valence-corrected chi connectivity index (χ4v) is 7.37. The number of nitrogens with one attached hydrogen (secondary N) is 1. The maximum absolute atomic E-state index is 4.03. The third-order valence-electron chi connectivity index (χ3n) is 3.86. The molecule has 128 valence electrons. The first-order chi connectivity index (χ1) is 11.1. The van der Waals surface area contributed by atoms with Crippen LogP contribution in [-0.4, -0.2) is 13.8 Å². The van der Waals surface area contributed by atoms with Crippen LogP contribution in [0, 0.1) is 5.41 Å². The summed E-state index contributed by atoms with van der Waals surface area (Å²) in [6, 6.07) is 21.9. The highest BCUT2D eigenvalue weighted by Gasteiger charge is 2.38. The van der Waals surface area contributed by atoms with Crippen molar-refractivity contribution in [1.82, 2.24) is 4.98 Å². The molecule has 0 amide bonds. The molecular weight excluding hydrogens is 306 g/mol. The molecule has 0 radical (unpaired) electrons. The summed E-state index contributed by atoms with van der Waals surface area (Å²) >= 11 is 0. The summed E-state index contributed by atoms with van der Waals surface area (Å²) in [5, 5.41) is 2.79. The highest BCUT2D eigenvalue weighted by molar-refractivity contribution is 7.04. The molecule has 0 heterocycles. The number of allylic oxidation sites excluding steroid dienone is 1. The molecule has 0 saturated heterocycles. The fraction of sp³-hybridized carbons (Fsp3) is 0.364. The Morgan fingerprint density at radius 1 is 0.708 bits per heavy atom. The van der Waals surface area contributed by atoms with Gasteiger partial charge < -0.3 is 4.98 Å². The molecule has 0 aromatic heterocycles. The van der Waals surface area contributed by atoms with Gasteiger partial charge in [0.25, 0.3) is 0 Å². The quantitative estimate of drug-likeness (QED) is 0.821. The average Bonchev–Trinajstić information content (AvgIpc) is 2.51. The first-order valence-corrected chi connectivity index (χ1v) is 10.8. The van der Waals surface area contributed by atoms with Gasteiger partial charge in [-0.1, -0.05) is 93.2 Å². The summed E-state index contributed by atoms with van der Waals surface area (Å²) in [4.78, 5) is 4.03. The molecule has 0 aliphatic heterocycles. The molecule has 0 spiro atoms. The molecule has 24 heavy (non-hydrogen) atoms. The molecule has 0 atom stereocenters. The van der Waals surface area contributed by atoms with Crippen LogP contribution in [0.2, 0.25) is 0 Å². The van der Waals surface area contributed by atoms with Crippen LogP contribution in [0.15, 0.2) is 72.4 Å². The molecule has 0 saturated carbocycles. The Morgan fingerprint density at radius 2 is 1.12 bits per heavy atom. The molecule has 2 rings (SSSR count). The molecule has 2 aromatic rings. The van der Waals surface area contributed by atoms with E-state index >= 15 is 0 Å². The first kappa shape index (κ1) is 18.7. The zero-order valence-corrected chi connectivity index (χ0v) is 16.9. The third kappa shape index (κ3) is 4.92. The van der Waals surface area contributed by atoms with Crippen molar-refractivity contribution in [3.8, 4) is 0 Å². The van der Waals surface area contributed by atoms with E-state index in [1.165, 1.54) is 10.4 Å². The van der Waals surface area contributed by atoms with E-state index in [9.17, 15) is 0 Å². The minimum absolute atomic E-state index is 0.0279. The van der Waals surface area contributed by atoms with E-state index < -0.39 is 8.24 Å². The molecule has 1 N–H and O–H groups in total. The molecule has 2 heteroatoms. The van der Waals surface area contributed by atoms with E-state index in [-0.39, 0.29) is 11.0 Å². The van der Waals surface area contributed by atoms with Crippen molar-refractivity contribution in [3.05, 3.63) is 72.4 Å². The molecule has 0 fully saturated rings. The van der Waals surface area contributed by atoms with E-state index in [2.05, 4.69) is 119 Å². The lowest BCUT2D eigenvalue weighted by atomic mass is 9.98. The van der Waals surface area contributed by atoms with Crippen LogP contribution < -0.4 is 15.4 Å². The summed E-state index contributed by atoms with van der Waals surface area (Å²) in [7, 11) is -2.22. The predicted octanol–water partition coefficient (Wildman–Crippen LogP) is 4.28. The summed E-state index contributed by atoms with van der Waals surface area (Å²) in [5.41, 5.74) is 2.66. The molecular formula is C22H31NSi. The SMILES string of the molecule is CC(C)(C)/C=C/[Si](NC(C)(C)C)(c1ccccc1)c1ccccc1. The van der Waals surface area contributed by atoms with Gasteiger partial charge in [0, 0.05) is 5.54 Å². The normalized spacial score (nSPS) is 13.4. The summed E-state index contributed by atoms with van der Waals surface area (Å²) in [6.45, 7) is 13.5. The number of benzene rings is 2. The molecule has 0 aliphatic carbocycles. The fourth-order valence-electron chi connectivity index (χ4n) is 2.91. The molecule has 0 aliphatic rings. The standard InChI is InChI=1S/C22H31NSi/c1-21(2,3)17-18-24(23-22(4,5)6,19-13-9-7-10-14-19)20-15-11-8-12-16-20/h7-18,23H,1-6H3/b18-17+. The van der Waals surface area contributed by atoms with Gasteiger partial charge in [-0.2, -0.15) is 0 Å². The van der Waals surface area contributed by atoms with Crippen LogP contribution >= 0.6 is 0 Å². The average molecular weight is 338 g/mol. The van der Waals surface area contributed by atoms with Gasteiger partial charge in [0.2, 0.25) is 8.24 Å². The summed E-state index contributed by atoms with van der Waals surface area (Å²) < 4.78 is 0. The van der Waals surface area contributed by atoms with Gasteiger partial charge in [0.1, 0.15) is 0 Å². The zero-order chi connectivity index (χ0) is 17.8. The van der Waals surface area contributed by atoms with Crippen LogP contribution in [0.3, 0.4) is 0 Å². The zero-order valence-electron chi connectivity index (χ0n) is 15.9. The lowest BCUT2D eigenvalue weighted by Gasteiger charge is -2.38. The second-order valence-corrected chi connectivity index (χ2v) is 12.0. The van der Waals surface area contributed by atoms with Crippen molar-refractivity contribution in [1.29, 1.82) is 0 Å². The van der Waals surface area contributed by atoms with Crippen LogP contribution in [0.25, 0.3) is 0 Å². The van der Waals surface area contributed by atoms with Gasteiger partial charge in [-0.15, -0.1) is 0 Å². The Labute approximate surface area is 148 Å². The highest BCUT2D eigenvalue weighted by Crippen LogP contribution is 2.18. The van der Waals surface area contributed by atoms with Gasteiger partial charge in [-0.3, -0.25) is 0 Å². The number of hydrogen-bond acceptors (Lipinski definition) is 1. The van der Waals surface area contributed by atoms with Crippen molar-refractivity contribution in [2.45, 2.75) is 47.1 Å². The minimum atomic E-state index is -2.22. The maximum atomic E-state index is 4.03. The van der Waals surface area contributed by atoms with Crippen LogP contribution in [-0.2, 0) is 0 Å². The van der Waals surface area contributed by atoms with Crippen molar-refractivity contribution < 1.29 is 0 Å². The van der Waals surface area contributed by atoms with Gasteiger partial charge in [-0.05, 0) is 36.6 Å². The lowest BCUT2D eigenvalue weighted by molar-refractivity contribution is 0.516. The Hall–Kier alpha value is -1.64. The van der Waals surface area contributed by atoms with E-state index in [0.29, 0.717) is 0 Å². The largest absolute Gasteiger partial charge is 0.322 e. The Morgan fingerprint density at radius 3 is 1.46 bits per heavy atom. The highest BCUT2D eigenvalue weighted by atomic mass is 28.3. The maximum Gasteiger partial charge on any atom is 0.215 e. The molecule has 0 unspecified atom stereocenters. The monoisotopic (exact) mass is 337 g/mol. The second-order valence-electron chi connectivity index (χ2n) is 8.61. The predicted molar refractivity (Wildman–Crippen MR) is 109 cm³/mol. The Bertz CT molecular complexity index is 621. The summed E-state index contributed by atoms with van der Waals surface area (Å²) in [6.07, 6.45) is 2.37. The van der Waals surface area contributed by atoms with E-state index in [1.54, 1.807) is 0 Å². The Kier molecular flexibility index (Phi) is 5.51. The third-order valence-corrected chi connectivity index (χ3v) is 8.16.